The molecule has 2 saturated heterocycles. The van der Waals surface area contributed by atoms with Crippen molar-refractivity contribution < 1.29 is 14.3 Å². The highest BCUT2D eigenvalue weighted by molar-refractivity contribution is 5.82. The van der Waals surface area contributed by atoms with Crippen LogP contribution < -0.4 is 5.32 Å². The minimum Gasteiger partial charge on any atom is -0.377 e. The van der Waals surface area contributed by atoms with E-state index in [9.17, 15) is 9.59 Å². The fourth-order valence-electron chi connectivity index (χ4n) is 2.96. The van der Waals surface area contributed by atoms with Gasteiger partial charge >= 0.3 is 0 Å². The lowest BCUT2D eigenvalue weighted by atomic mass is 9.96. The zero-order chi connectivity index (χ0) is 16.9. The number of nitrogens with zero attached hydrogens (tertiary/aromatic N) is 2. The van der Waals surface area contributed by atoms with Crippen LogP contribution in [0.5, 0.6) is 0 Å². The monoisotopic (exact) mass is 325 g/mol. The first-order valence-electron chi connectivity index (χ1n) is 8.76. The first kappa shape index (κ1) is 18.2. The highest BCUT2D eigenvalue weighted by Crippen LogP contribution is 2.15. The van der Waals surface area contributed by atoms with Gasteiger partial charge in [-0.2, -0.15) is 0 Å². The number of nitrogens with one attached hydrogen (secondary N) is 1. The van der Waals surface area contributed by atoms with Crippen molar-refractivity contribution in [2.75, 3.05) is 45.9 Å². The number of ether oxygens (including phenoxy) is 1. The number of piperazine rings is 1. The van der Waals surface area contributed by atoms with E-state index >= 15 is 0 Å². The number of hydrogen-bond donors (Lipinski definition) is 1. The number of hydrogen-bond acceptors (Lipinski definition) is 4. The van der Waals surface area contributed by atoms with Gasteiger partial charge in [0, 0.05) is 57.7 Å². The average Bonchev–Trinajstić information content (AvgIpc) is 2.99. The van der Waals surface area contributed by atoms with Crippen molar-refractivity contribution in [1.29, 1.82) is 0 Å². The van der Waals surface area contributed by atoms with E-state index in [4.69, 9.17) is 4.74 Å². The summed E-state index contributed by atoms with van der Waals surface area (Å²) in [6, 6.07) is 0. The molecule has 0 aromatic rings. The smallest absolute Gasteiger partial charge is 0.225 e. The molecular formula is C17H31N3O3. The van der Waals surface area contributed by atoms with Gasteiger partial charge in [-0.3, -0.25) is 14.5 Å². The Hall–Kier alpha value is -1.14. The van der Waals surface area contributed by atoms with Gasteiger partial charge in [0.15, 0.2) is 0 Å². The molecule has 1 atom stereocenters. The lowest BCUT2D eigenvalue weighted by Crippen LogP contribution is -2.50. The predicted octanol–water partition coefficient (Wildman–Crippen LogP) is 0.862. The van der Waals surface area contributed by atoms with Crippen molar-refractivity contribution in [1.82, 2.24) is 15.1 Å². The zero-order valence-electron chi connectivity index (χ0n) is 14.8. The Bertz CT molecular complexity index is 406. The van der Waals surface area contributed by atoms with Gasteiger partial charge < -0.3 is 15.0 Å². The van der Waals surface area contributed by atoms with Gasteiger partial charge in [0.25, 0.3) is 0 Å². The molecule has 6 nitrogen and oxygen atoms in total. The highest BCUT2D eigenvalue weighted by Gasteiger charge is 2.25. The number of amides is 2. The summed E-state index contributed by atoms with van der Waals surface area (Å²) in [4.78, 5) is 28.3. The van der Waals surface area contributed by atoms with E-state index in [1.165, 1.54) is 6.42 Å². The fourth-order valence-corrected chi connectivity index (χ4v) is 2.96. The van der Waals surface area contributed by atoms with Gasteiger partial charge in [0.05, 0.1) is 6.10 Å². The Balaban J connectivity index is 1.62. The Labute approximate surface area is 139 Å². The molecule has 2 amide bonds. The minimum atomic E-state index is -0.406. The summed E-state index contributed by atoms with van der Waals surface area (Å²) in [5.74, 6) is 0.127. The molecule has 1 unspecified atom stereocenters. The topological polar surface area (TPSA) is 61.9 Å². The third-order valence-corrected chi connectivity index (χ3v) is 4.52. The standard InChI is InChI=1S/C17H31N3O3/c1-17(2,3)16(22)18-7-6-15(21)20-10-8-19(9-11-20)13-14-5-4-12-23-14/h14H,4-13H2,1-3H3,(H,18,22). The number of carbonyl (C=O) groups excluding carboxylic acids is 2. The molecule has 2 rings (SSSR count). The van der Waals surface area contributed by atoms with Crippen LogP contribution in [0.1, 0.15) is 40.0 Å². The van der Waals surface area contributed by atoms with Gasteiger partial charge in [-0.1, -0.05) is 20.8 Å². The molecule has 132 valence electrons. The lowest BCUT2D eigenvalue weighted by molar-refractivity contribution is -0.133. The summed E-state index contributed by atoms with van der Waals surface area (Å²) in [5, 5.41) is 2.84. The van der Waals surface area contributed by atoms with Gasteiger partial charge in [0.1, 0.15) is 0 Å². The van der Waals surface area contributed by atoms with E-state index in [2.05, 4.69) is 10.2 Å². The largest absolute Gasteiger partial charge is 0.377 e. The van der Waals surface area contributed by atoms with E-state index in [1.54, 1.807) is 0 Å². The summed E-state index contributed by atoms with van der Waals surface area (Å²) in [7, 11) is 0. The molecule has 0 spiro atoms. The fraction of sp³-hybridized carbons (Fsp3) is 0.882. The summed E-state index contributed by atoms with van der Waals surface area (Å²) < 4.78 is 5.67. The van der Waals surface area contributed by atoms with Crippen molar-refractivity contribution in [3.05, 3.63) is 0 Å². The van der Waals surface area contributed by atoms with Crippen molar-refractivity contribution >= 4 is 11.8 Å². The molecule has 0 aromatic carbocycles. The van der Waals surface area contributed by atoms with E-state index in [0.717, 1.165) is 45.8 Å². The van der Waals surface area contributed by atoms with Crippen molar-refractivity contribution in [2.45, 2.75) is 46.1 Å². The summed E-state index contributed by atoms with van der Waals surface area (Å²) in [5.41, 5.74) is -0.406. The Morgan fingerprint density at radius 3 is 2.43 bits per heavy atom. The van der Waals surface area contributed by atoms with Crippen LogP contribution in [-0.4, -0.2) is 73.6 Å². The maximum Gasteiger partial charge on any atom is 0.225 e. The molecule has 1 N–H and O–H groups in total. The molecule has 2 aliphatic heterocycles. The van der Waals surface area contributed by atoms with Gasteiger partial charge in [0.2, 0.25) is 11.8 Å². The van der Waals surface area contributed by atoms with Gasteiger partial charge in [-0.25, -0.2) is 0 Å². The summed E-state index contributed by atoms with van der Waals surface area (Å²) in [6.45, 7) is 11.3. The maximum atomic E-state index is 12.2. The van der Waals surface area contributed by atoms with Crippen LogP contribution in [0.4, 0.5) is 0 Å². The Morgan fingerprint density at radius 2 is 1.87 bits per heavy atom. The van der Waals surface area contributed by atoms with E-state index < -0.39 is 5.41 Å². The first-order valence-corrected chi connectivity index (χ1v) is 8.76. The van der Waals surface area contributed by atoms with Crippen molar-refractivity contribution in [3.63, 3.8) is 0 Å². The molecule has 2 aliphatic rings. The first-order chi connectivity index (χ1) is 10.9. The summed E-state index contributed by atoms with van der Waals surface area (Å²) in [6.07, 6.45) is 3.09. The Morgan fingerprint density at radius 1 is 1.17 bits per heavy atom. The maximum absolute atomic E-state index is 12.2. The molecule has 0 bridgehead atoms. The number of rotatable bonds is 5. The third kappa shape index (κ3) is 5.77. The second-order valence-corrected chi connectivity index (χ2v) is 7.57. The molecule has 0 aliphatic carbocycles. The molecule has 6 heteroatoms. The lowest BCUT2D eigenvalue weighted by Gasteiger charge is -2.35. The van der Waals surface area contributed by atoms with Gasteiger partial charge in [-0.15, -0.1) is 0 Å². The molecule has 0 saturated carbocycles. The second-order valence-electron chi connectivity index (χ2n) is 7.57. The highest BCUT2D eigenvalue weighted by atomic mass is 16.5. The third-order valence-electron chi connectivity index (χ3n) is 4.52. The van der Waals surface area contributed by atoms with E-state index in [-0.39, 0.29) is 11.8 Å². The zero-order valence-corrected chi connectivity index (χ0v) is 14.8. The second kappa shape index (κ2) is 8.11. The van der Waals surface area contributed by atoms with E-state index in [1.807, 2.05) is 25.7 Å². The van der Waals surface area contributed by atoms with Crippen LogP contribution in [-0.2, 0) is 14.3 Å². The van der Waals surface area contributed by atoms with Crippen LogP contribution in [0.15, 0.2) is 0 Å². The van der Waals surface area contributed by atoms with Crippen LogP contribution in [0.25, 0.3) is 0 Å². The quantitative estimate of drug-likeness (QED) is 0.814. The Kier molecular flexibility index (Phi) is 6.41. The molecular weight excluding hydrogens is 294 g/mol. The van der Waals surface area contributed by atoms with Crippen molar-refractivity contribution in [2.24, 2.45) is 5.41 Å². The predicted molar refractivity (Wildman–Crippen MR) is 89.1 cm³/mol. The molecule has 2 fully saturated rings. The SMILES string of the molecule is CC(C)(C)C(=O)NCCC(=O)N1CCN(CC2CCCO2)CC1. The van der Waals surface area contributed by atoms with Crippen LogP contribution in [0.3, 0.4) is 0 Å². The van der Waals surface area contributed by atoms with Gasteiger partial charge in [-0.05, 0) is 12.8 Å². The van der Waals surface area contributed by atoms with Crippen LogP contribution >= 0.6 is 0 Å². The molecule has 0 radical (unpaired) electrons. The molecule has 23 heavy (non-hydrogen) atoms. The summed E-state index contributed by atoms with van der Waals surface area (Å²) >= 11 is 0. The van der Waals surface area contributed by atoms with E-state index in [0.29, 0.717) is 19.1 Å². The number of carbonyl (C=O) groups is 2. The molecule has 0 aromatic heterocycles. The van der Waals surface area contributed by atoms with Crippen LogP contribution in [0.2, 0.25) is 0 Å². The average molecular weight is 325 g/mol. The minimum absolute atomic E-state index is 0.00770. The molecule has 2 heterocycles. The van der Waals surface area contributed by atoms with Crippen LogP contribution in [0, 0.1) is 5.41 Å². The van der Waals surface area contributed by atoms with Crippen molar-refractivity contribution in [3.8, 4) is 0 Å². The normalized spacial score (nSPS) is 23.1.